The number of halogens is 1. The first-order valence-corrected chi connectivity index (χ1v) is 16.4. The highest BCUT2D eigenvalue weighted by Gasteiger charge is 2.17. The fourth-order valence-electron chi connectivity index (χ4n) is 2.78. The number of esters is 1. The molecule has 19 heteroatoms. The van der Waals surface area contributed by atoms with Crippen LogP contribution in [0.5, 0.6) is 0 Å². The fraction of sp³-hybridized carbons (Fsp3) is 0.321. The molecule has 0 radical (unpaired) electrons. The number of nitro benzene ring substituents is 2. The number of rotatable bonds is 10. The van der Waals surface area contributed by atoms with Crippen molar-refractivity contribution in [2.75, 3.05) is 66.6 Å². The van der Waals surface area contributed by atoms with Crippen LogP contribution in [0.4, 0.5) is 34.1 Å². The molecule has 0 unspecified atom stereocenters. The highest BCUT2D eigenvalue weighted by Crippen LogP contribution is 2.33. The van der Waals surface area contributed by atoms with Gasteiger partial charge in [0.05, 0.1) is 52.5 Å². The molecule has 0 atom stereocenters. The lowest BCUT2D eigenvalue weighted by Gasteiger charge is -2.05. The molecule has 15 nitrogen and oxygen atoms in total. The molecule has 0 amide bonds. The van der Waals surface area contributed by atoms with Gasteiger partial charge in [-0.05, 0) is 43.3 Å². The molecule has 3 rings (SSSR count). The topological polar surface area (TPSA) is 277 Å². The van der Waals surface area contributed by atoms with E-state index in [1.165, 1.54) is 48.6 Å². The fourth-order valence-corrected chi connectivity index (χ4v) is 4.60. The number of carbonyl (C=O) groups is 1. The molecule has 11 N–H and O–H groups in total. The molecule has 3 aromatic rings. The number of ether oxygens (including phenoxy) is 1. The Morgan fingerprint density at radius 2 is 1.23 bits per heavy atom. The van der Waals surface area contributed by atoms with E-state index in [-0.39, 0.29) is 53.6 Å². The zero-order valence-electron chi connectivity index (χ0n) is 25.8. The van der Waals surface area contributed by atoms with Crippen molar-refractivity contribution < 1.29 is 34.7 Å². The Kier molecular flexibility index (Phi) is 26.6. The molecule has 0 saturated heterocycles. The maximum Gasteiger partial charge on any atom is 0.310 e. The van der Waals surface area contributed by atoms with Crippen LogP contribution in [0.15, 0.2) is 64.4 Å². The molecule has 0 aliphatic rings. The standard InChI is InChI=1S/C8H10N2O3S.C8H12N2OS.C6H5ClN2O2.C4H8O2.C2H6OS/c9-6-2-1-3-7(14-5-4-11)8(6)10(12)13;9-6-2-1-3-7(8(6)10)12-5-4-11;7-4-2-1-3-5(8)6(4)9(10)11;1-3-6-4(2)5;3-1-2-4/h1-3,11H,4-5,9H2;1-3,11H,4-5,9-10H2;1-3H,8H2;3H2,1-2H3;3-4H,1-2H2. The van der Waals surface area contributed by atoms with Crippen molar-refractivity contribution in [3.05, 3.63) is 79.8 Å². The molecule has 262 valence electrons. The summed E-state index contributed by atoms with van der Waals surface area (Å²) in [6.07, 6.45) is 0. The van der Waals surface area contributed by atoms with Crippen molar-refractivity contribution in [1.82, 2.24) is 0 Å². The van der Waals surface area contributed by atoms with Crippen LogP contribution in [0.3, 0.4) is 0 Å². The lowest BCUT2D eigenvalue weighted by molar-refractivity contribution is -0.386. The van der Waals surface area contributed by atoms with E-state index in [9.17, 15) is 25.0 Å². The van der Waals surface area contributed by atoms with E-state index < -0.39 is 9.85 Å². The third-order valence-corrected chi connectivity index (χ3v) is 7.24. The minimum absolute atomic E-state index is 0.0172. The first-order chi connectivity index (χ1) is 22.2. The number of nitrogen functional groups attached to an aromatic ring is 4. The number of hydrogen-bond acceptors (Lipinski definition) is 16. The Hall–Kier alpha value is -3.65. The summed E-state index contributed by atoms with van der Waals surface area (Å²) < 4.78 is 4.40. The van der Waals surface area contributed by atoms with Gasteiger partial charge in [0.2, 0.25) is 0 Å². The van der Waals surface area contributed by atoms with Crippen LogP contribution in [0.25, 0.3) is 0 Å². The SMILES string of the molecule is CCOC(C)=O.Nc1cccc(Cl)c1[N+](=O)[O-].Nc1cccc(SCCO)c1N.Nc1cccc(SCCO)c1[N+](=O)[O-].OCCS. The van der Waals surface area contributed by atoms with E-state index in [1.807, 2.05) is 12.1 Å². The molecule has 3 aromatic carbocycles. The number of nitro groups is 2. The zero-order valence-corrected chi connectivity index (χ0v) is 29.1. The zero-order chi connectivity index (χ0) is 36.4. The lowest BCUT2D eigenvalue weighted by atomic mass is 10.3. The molecular formula is C28H41ClN6O9S3. The second-order valence-electron chi connectivity index (χ2n) is 8.16. The molecule has 0 aromatic heterocycles. The summed E-state index contributed by atoms with van der Waals surface area (Å²) in [5.41, 5.74) is 23.2. The smallest absolute Gasteiger partial charge is 0.310 e. The normalized spacial score (nSPS) is 9.43. The largest absolute Gasteiger partial charge is 0.466 e. The predicted octanol–water partition coefficient (Wildman–Crippen LogP) is 4.51. The van der Waals surface area contributed by atoms with Crippen molar-refractivity contribution in [2.24, 2.45) is 0 Å². The molecule has 0 heterocycles. The maximum atomic E-state index is 10.7. The second kappa shape index (κ2) is 27.5. The number of thioether (sulfide) groups is 2. The van der Waals surface area contributed by atoms with Crippen LogP contribution in [0.2, 0.25) is 5.02 Å². The van der Waals surface area contributed by atoms with Gasteiger partial charge in [-0.15, -0.1) is 23.5 Å². The van der Waals surface area contributed by atoms with Gasteiger partial charge >= 0.3 is 17.3 Å². The van der Waals surface area contributed by atoms with Crippen molar-refractivity contribution in [3.8, 4) is 0 Å². The first kappa shape index (κ1) is 45.5. The van der Waals surface area contributed by atoms with Gasteiger partial charge in [0, 0.05) is 29.1 Å². The van der Waals surface area contributed by atoms with Gasteiger partial charge in [-0.25, -0.2) is 0 Å². The number of carbonyl (C=O) groups excluding carboxylic acids is 1. The number of thiol groups is 1. The number of hydrogen-bond donors (Lipinski definition) is 8. The second-order valence-corrected chi connectivity index (χ2v) is 11.3. The number of nitrogens with two attached hydrogens (primary N) is 4. The molecule has 0 aliphatic heterocycles. The number of benzene rings is 3. The molecular weight excluding hydrogens is 696 g/mol. The summed E-state index contributed by atoms with van der Waals surface area (Å²) in [7, 11) is 0. The molecule has 0 saturated carbocycles. The Labute approximate surface area is 291 Å². The lowest BCUT2D eigenvalue weighted by Crippen LogP contribution is -1.98. The van der Waals surface area contributed by atoms with Gasteiger partial charge in [-0.1, -0.05) is 29.8 Å². The average Bonchev–Trinajstić information content (AvgIpc) is 3.01. The van der Waals surface area contributed by atoms with E-state index in [0.717, 1.165) is 4.90 Å². The Morgan fingerprint density at radius 1 is 0.809 bits per heavy atom. The number of para-hydroxylation sites is 3. The van der Waals surface area contributed by atoms with Crippen LogP contribution in [0, 0.1) is 20.2 Å². The van der Waals surface area contributed by atoms with Gasteiger partial charge in [0.1, 0.15) is 16.4 Å². The van der Waals surface area contributed by atoms with E-state index in [1.54, 1.807) is 31.2 Å². The summed E-state index contributed by atoms with van der Waals surface area (Å²) in [4.78, 5) is 31.1. The van der Waals surface area contributed by atoms with Crippen molar-refractivity contribution in [3.63, 3.8) is 0 Å². The van der Waals surface area contributed by atoms with E-state index >= 15 is 0 Å². The molecule has 0 fully saturated rings. The predicted molar refractivity (Wildman–Crippen MR) is 194 cm³/mol. The average molecular weight is 737 g/mol. The van der Waals surface area contributed by atoms with Crippen molar-refractivity contribution in [1.29, 1.82) is 0 Å². The number of aliphatic hydroxyl groups excluding tert-OH is 3. The van der Waals surface area contributed by atoms with Gasteiger partial charge in [0.25, 0.3) is 0 Å². The van der Waals surface area contributed by atoms with Gasteiger partial charge in [-0.2, -0.15) is 12.6 Å². The van der Waals surface area contributed by atoms with E-state index in [4.69, 9.17) is 49.9 Å². The van der Waals surface area contributed by atoms with Crippen LogP contribution < -0.4 is 22.9 Å². The first-order valence-electron chi connectivity index (χ1n) is 13.4. The molecule has 0 aliphatic carbocycles. The van der Waals surface area contributed by atoms with E-state index in [2.05, 4.69) is 17.4 Å². The summed E-state index contributed by atoms with van der Waals surface area (Å²) in [6, 6.07) is 14.7. The van der Waals surface area contributed by atoms with Crippen molar-refractivity contribution in [2.45, 2.75) is 23.6 Å². The molecule has 0 spiro atoms. The van der Waals surface area contributed by atoms with Gasteiger partial charge in [0.15, 0.2) is 0 Å². The highest BCUT2D eigenvalue weighted by atomic mass is 35.5. The summed E-state index contributed by atoms with van der Waals surface area (Å²) in [5, 5.41) is 46.0. The summed E-state index contributed by atoms with van der Waals surface area (Å²) >= 11 is 11.9. The molecule has 0 bridgehead atoms. The Morgan fingerprint density at radius 3 is 1.60 bits per heavy atom. The summed E-state index contributed by atoms with van der Waals surface area (Å²) in [5.74, 6) is 1.43. The van der Waals surface area contributed by atoms with Crippen LogP contribution >= 0.6 is 47.8 Å². The Bertz CT molecular complexity index is 1360. The van der Waals surface area contributed by atoms with Crippen LogP contribution in [0.1, 0.15) is 13.8 Å². The third kappa shape index (κ3) is 20.3. The minimum Gasteiger partial charge on any atom is -0.466 e. The van der Waals surface area contributed by atoms with Crippen LogP contribution in [-0.4, -0.2) is 74.8 Å². The number of aliphatic hydroxyl groups is 3. The number of nitrogens with zero attached hydrogens (tertiary/aromatic N) is 2. The van der Waals surface area contributed by atoms with Gasteiger partial charge in [-0.3, -0.25) is 25.0 Å². The van der Waals surface area contributed by atoms with Crippen LogP contribution in [-0.2, 0) is 9.53 Å². The highest BCUT2D eigenvalue weighted by molar-refractivity contribution is 7.99. The van der Waals surface area contributed by atoms with Crippen molar-refractivity contribution >= 4 is 87.8 Å². The van der Waals surface area contributed by atoms with E-state index in [0.29, 0.717) is 40.1 Å². The van der Waals surface area contributed by atoms with Gasteiger partial charge < -0.3 is 43.0 Å². The Balaban J connectivity index is 0. The summed E-state index contributed by atoms with van der Waals surface area (Å²) in [6.45, 7) is 3.97. The quantitative estimate of drug-likeness (QED) is 0.0355. The minimum atomic E-state index is -0.600. The molecule has 47 heavy (non-hydrogen) atoms. The number of anilines is 4. The monoisotopic (exact) mass is 736 g/mol. The maximum absolute atomic E-state index is 10.7. The third-order valence-electron chi connectivity index (χ3n) is 4.66.